The smallest absolute Gasteiger partial charge is 0.295 e. The lowest BCUT2D eigenvalue weighted by atomic mass is 9.95. The highest BCUT2D eigenvalue weighted by Crippen LogP contribution is 2.40. The summed E-state index contributed by atoms with van der Waals surface area (Å²) in [4.78, 5) is 28.6. The Morgan fingerprint density at radius 1 is 1.10 bits per heavy atom. The van der Waals surface area contributed by atoms with E-state index >= 15 is 0 Å². The summed E-state index contributed by atoms with van der Waals surface area (Å²) < 4.78 is 5.58. The standard InChI is InChI=1S/C25H23NO4S/c1-3-30-20-12-11-18(14-16(20)2)23(27)21-22(17-8-5-4-6-9-17)26(25(29)24(21)28)15-19-10-7-13-31-19/h4-14,22,27H,3,15H2,1-2H3/b23-21-. The number of nitrogens with zero attached hydrogens (tertiary/aromatic N) is 1. The molecule has 1 amide bonds. The first kappa shape index (κ1) is 20.9. The Hall–Kier alpha value is -3.38. The van der Waals surface area contributed by atoms with Crippen LogP contribution in [0.1, 0.15) is 34.5 Å². The van der Waals surface area contributed by atoms with E-state index in [1.54, 1.807) is 18.2 Å². The van der Waals surface area contributed by atoms with Crippen molar-refractivity contribution in [3.05, 3.63) is 93.2 Å². The van der Waals surface area contributed by atoms with Gasteiger partial charge in [-0.2, -0.15) is 0 Å². The van der Waals surface area contributed by atoms with Gasteiger partial charge < -0.3 is 14.7 Å². The average Bonchev–Trinajstić information content (AvgIpc) is 3.38. The van der Waals surface area contributed by atoms with E-state index in [0.717, 1.165) is 21.8 Å². The average molecular weight is 434 g/mol. The van der Waals surface area contributed by atoms with Crippen LogP contribution in [0.5, 0.6) is 5.75 Å². The predicted molar refractivity (Wildman–Crippen MR) is 121 cm³/mol. The Morgan fingerprint density at radius 2 is 1.87 bits per heavy atom. The van der Waals surface area contributed by atoms with Gasteiger partial charge in [0.1, 0.15) is 11.5 Å². The maximum absolute atomic E-state index is 13.1. The summed E-state index contributed by atoms with van der Waals surface area (Å²) in [5.74, 6) is -0.732. The molecule has 6 heteroatoms. The van der Waals surface area contributed by atoms with Gasteiger partial charge in [-0.15, -0.1) is 11.3 Å². The fourth-order valence-electron chi connectivity index (χ4n) is 3.87. The van der Waals surface area contributed by atoms with Crippen LogP contribution in [0.2, 0.25) is 0 Å². The lowest BCUT2D eigenvalue weighted by Gasteiger charge is -2.25. The summed E-state index contributed by atoms with van der Waals surface area (Å²) in [6, 6.07) is 17.8. The quantitative estimate of drug-likeness (QED) is 0.335. The van der Waals surface area contributed by atoms with Crippen LogP contribution >= 0.6 is 11.3 Å². The summed E-state index contributed by atoms with van der Waals surface area (Å²) in [6.45, 7) is 4.63. The molecule has 5 nitrogen and oxygen atoms in total. The van der Waals surface area contributed by atoms with Crippen LogP contribution in [-0.2, 0) is 16.1 Å². The van der Waals surface area contributed by atoms with Gasteiger partial charge in [0.2, 0.25) is 0 Å². The molecule has 1 fully saturated rings. The second kappa shape index (κ2) is 8.78. The molecule has 3 aromatic rings. The van der Waals surface area contributed by atoms with Crippen molar-refractivity contribution in [3.63, 3.8) is 0 Å². The van der Waals surface area contributed by atoms with Gasteiger partial charge in [-0.25, -0.2) is 0 Å². The van der Waals surface area contributed by atoms with Crippen molar-refractivity contribution in [1.82, 2.24) is 4.90 Å². The molecule has 1 N–H and O–H groups in total. The maximum atomic E-state index is 13.1. The Morgan fingerprint density at radius 3 is 2.52 bits per heavy atom. The van der Waals surface area contributed by atoms with Gasteiger partial charge in [0.15, 0.2) is 0 Å². The molecule has 0 saturated carbocycles. The normalized spacial score (nSPS) is 17.9. The van der Waals surface area contributed by atoms with Crippen molar-refractivity contribution >= 4 is 28.8 Å². The molecule has 0 spiro atoms. The van der Waals surface area contributed by atoms with Gasteiger partial charge in [-0.05, 0) is 54.6 Å². The fourth-order valence-corrected chi connectivity index (χ4v) is 4.57. The first-order chi connectivity index (χ1) is 15.0. The third kappa shape index (κ3) is 3.99. The Bertz CT molecular complexity index is 1140. The molecular formula is C25H23NO4S. The minimum Gasteiger partial charge on any atom is -0.507 e. The van der Waals surface area contributed by atoms with Gasteiger partial charge in [0.25, 0.3) is 11.7 Å². The Labute approximate surface area is 185 Å². The topological polar surface area (TPSA) is 66.8 Å². The highest BCUT2D eigenvalue weighted by atomic mass is 32.1. The molecule has 1 aliphatic rings. The van der Waals surface area contributed by atoms with E-state index in [1.807, 2.05) is 61.7 Å². The zero-order valence-corrected chi connectivity index (χ0v) is 18.2. The number of ketones is 1. The molecule has 2 aromatic carbocycles. The van der Waals surface area contributed by atoms with Crippen LogP contribution < -0.4 is 4.74 Å². The number of Topliss-reactive ketones (excluding diaryl/α,β-unsaturated/α-hetero) is 1. The second-order valence-electron chi connectivity index (χ2n) is 7.33. The number of thiophene rings is 1. The van der Waals surface area contributed by atoms with Crippen LogP contribution in [-0.4, -0.2) is 28.3 Å². The van der Waals surface area contributed by atoms with Crippen molar-refractivity contribution in [1.29, 1.82) is 0 Å². The van der Waals surface area contributed by atoms with E-state index in [1.165, 1.54) is 16.2 Å². The van der Waals surface area contributed by atoms with Crippen LogP contribution in [0.4, 0.5) is 0 Å². The molecule has 2 heterocycles. The van der Waals surface area contributed by atoms with Crippen molar-refractivity contribution in [3.8, 4) is 5.75 Å². The number of aryl methyl sites for hydroxylation is 1. The Balaban J connectivity index is 1.83. The number of carbonyl (C=O) groups is 2. The summed E-state index contributed by atoms with van der Waals surface area (Å²) >= 11 is 1.53. The first-order valence-corrected chi connectivity index (χ1v) is 11.0. The molecule has 1 atom stereocenters. The van der Waals surface area contributed by atoms with Crippen LogP contribution in [0.3, 0.4) is 0 Å². The maximum Gasteiger partial charge on any atom is 0.295 e. The number of aliphatic hydroxyl groups excluding tert-OH is 1. The second-order valence-corrected chi connectivity index (χ2v) is 8.36. The molecule has 1 unspecified atom stereocenters. The number of hydrogen-bond acceptors (Lipinski definition) is 5. The van der Waals surface area contributed by atoms with E-state index in [4.69, 9.17) is 4.74 Å². The van der Waals surface area contributed by atoms with Crippen LogP contribution in [0, 0.1) is 6.92 Å². The van der Waals surface area contributed by atoms with Gasteiger partial charge in [-0.1, -0.05) is 36.4 Å². The van der Waals surface area contributed by atoms with E-state index in [9.17, 15) is 14.7 Å². The monoisotopic (exact) mass is 433 g/mol. The van der Waals surface area contributed by atoms with Crippen LogP contribution in [0.25, 0.3) is 5.76 Å². The number of rotatable bonds is 6. The van der Waals surface area contributed by atoms with Crippen molar-refractivity contribution in [2.24, 2.45) is 0 Å². The summed E-state index contributed by atoms with van der Waals surface area (Å²) in [6.07, 6.45) is 0. The number of amides is 1. The lowest BCUT2D eigenvalue weighted by Crippen LogP contribution is -2.28. The molecule has 1 aromatic heterocycles. The molecule has 0 bridgehead atoms. The highest BCUT2D eigenvalue weighted by Gasteiger charge is 2.46. The number of likely N-dealkylation sites (tertiary alicyclic amines) is 1. The third-order valence-corrected chi connectivity index (χ3v) is 6.17. The molecular weight excluding hydrogens is 410 g/mol. The molecule has 158 valence electrons. The van der Waals surface area contributed by atoms with Gasteiger partial charge in [0, 0.05) is 10.4 Å². The largest absolute Gasteiger partial charge is 0.507 e. The molecule has 0 aliphatic carbocycles. The summed E-state index contributed by atoms with van der Waals surface area (Å²) in [7, 11) is 0. The molecule has 0 radical (unpaired) electrons. The summed E-state index contributed by atoms with van der Waals surface area (Å²) in [5, 5.41) is 13.1. The lowest BCUT2D eigenvalue weighted by molar-refractivity contribution is -0.140. The molecule has 1 aliphatic heterocycles. The van der Waals surface area contributed by atoms with Crippen molar-refractivity contribution in [2.75, 3.05) is 6.61 Å². The number of aliphatic hydroxyl groups is 1. The van der Waals surface area contributed by atoms with E-state index < -0.39 is 17.7 Å². The molecule has 1 saturated heterocycles. The van der Waals surface area contributed by atoms with Crippen molar-refractivity contribution < 1.29 is 19.4 Å². The van der Waals surface area contributed by atoms with Crippen LogP contribution in [0.15, 0.2) is 71.6 Å². The SMILES string of the molecule is CCOc1ccc(/C(O)=C2/C(=O)C(=O)N(Cc3cccs3)C2c2ccccc2)cc1C. The van der Waals surface area contributed by atoms with Gasteiger partial charge in [-0.3, -0.25) is 9.59 Å². The fraction of sp³-hybridized carbons (Fsp3) is 0.200. The van der Waals surface area contributed by atoms with Gasteiger partial charge >= 0.3 is 0 Å². The number of ether oxygens (including phenoxy) is 1. The third-order valence-electron chi connectivity index (χ3n) is 5.31. The summed E-state index contributed by atoms with van der Waals surface area (Å²) in [5.41, 5.74) is 2.21. The zero-order chi connectivity index (χ0) is 22.0. The van der Waals surface area contributed by atoms with E-state index in [-0.39, 0.29) is 11.3 Å². The van der Waals surface area contributed by atoms with E-state index in [2.05, 4.69) is 0 Å². The number of benzene rings is 2. The minimum atomic E-state index is -0.672. The predicted octanol–water partition coefficient (Wildman–Crippen LogP) is 5.08. The number of hydrogen-bond donors (Lipinski definition) is 1. The first-order valence-electron chi connectivity index (χ1n) is 10.1. The zero-order valence-electron chi connectivity index (χ0n) is 17.4. The molecule has 4 rings (SSSR count). The minimum absolute atomic E-state index is 0.108. The highest BCUT2D eigenvalue weighted by molar-refractivity contribution is 7.09. The van der Waals surface area contributed by atoms with Crippen molar-refractivity contribution in [2.45, 2.75) is 26.4 Å². The Kier molecular flexibility index (Phi) is 5.91. The van der Waals surface area contributed by atoms with Gasteiger partial charge in [0.05, 0.1) is 24.8 Å². The van der Waals surface area contributed by atoms with E-state index in [0.29, 0.717) is 18.7 Å². The number of carbonyl (C=O) groups excluding carboxylic acids is 2. The molecule has 31 heavy (non-hydrogen) atoms.